The summed E-state index contributed by atoms with van der Waals surface area (Å²) >= 11 is 3.40. The highest BCUT2D eigenvalue weighted by molar-refractivity contribution is 9.09. The van der Waals surface area contributed by atoms with Gasteiger partial charge in [-0.15, -0.1) is 0 Å². The van der Waals surface area contributed by atoms with Gasteiger partial charge in [0, 0.05) is 19.9 Å². The number of alkyl halides is 1. The fourth-order valence-electron chi connectivity index (χ4n) is 2.51. The fraction of sp³-hybridized carbons (Fsp3) is 0.941. The van der Waals surface area contributed by atoms with Gasteiger partial charge in [0.05, 0.1) is 28.5 Å². The van der Waals surface area contributed by atoms with Crippen molar-refractivity contribution in [1.29, 1.82) is 0 Å². The Bertz CT molecular complexity index is 550. The molecule has 0 bridgehead atoms. The number of ether oxygens (including phenoxy) is 2. The molecule has 144 valence electrons. The van der Waals surface area contributed by atoms with E-state index in [-0.39, 0.29) is 26.0 Å². The molecule has 6 nitrogen and oxygen atoms in total. The van der Waals surface area contributed by atoms with Gasteiger partial charge in [-0.1, -0.05) is 22.9 Å². The fourth-order valence-corrected chi connectivity index (χ4v) is 4.09. The molecule has 0 aromatic rings. The maximum absolute atomic E-state index is 8.84. The number of nitrogens with zero attached hydrogens (tertiary/aromatic N) is 1. The van der Waals surface area contributed by atoms with Gasteiger partial charge in [0.1, 0.15) is 6.61 Å². The van der Waals surface area contributed by atoms with Crippen LogP contribution in [0.5, 0.6) is 0 Å². The molecule has 2 rings (SSSR count). The molecule has 1 unspecified atom stereocenters. The molecule has 25 heavy (non-hydrogen) atoms. The molecule has 0 aromatic carbocycles. The zero-order chi connectivity index (χ0) is 21.4. The van der Waals surface area contributed by atoms with Crippen molar-refractivity contribution >= 4 is 24.5 Å². The highest BCUT2D eigenvalue weighted by Crippen LogP contribution is 2.46. The monoisotopic (exact) mass is 444 g/mol. The average Bonchev–Trinajstić information content (AvgIpc) is 3.16. The summed E-state index contributed by atoms with van der Waals surface area (Å²) in [6.07, 6.45) is -1.10. The first-order valence-electron chi connectivity index (χ1n) is 10.8. The smallest absolute Gasteiger partial charge is 0.333 e. The molecule has 8 heteroatoms. The van der Waals surface area contributed by atoms with Crippen LogP contribution in [0.3, 0.4) is 0 Å². The molecule has 0 amide bonds. The van der Waals surface area contributed by atoms with Crippen molar-refractivity contribution in [2.24, 2.45) is 5.92 Å². The molecule has 0 radical (unpaired) electrons. The Hall–Kier alpha value is 0.200. The maximum atomic E-state index is 8.84. The molecule has 2 fully saturated rings. The number of hydrogen-bond acceptors (Lipinski definition) is 5. The van der Waals surface area contributed by atoms with Crippen molar-refractivity contribution in [3.8, 4) is 0 Å². The maximum Gasteiger partial charge on any atom is 0.333 e. The van der Waals surface area contributed by atoms with E-state index < -0.39 is 46.2 Å². The minimum atomic E-state index is -1.94. The van der Waals surface area contributed by atoms with Crippen LogP contribution in [-0.4, -0.2) is 56.0 Å². The van der Waals surface area contributed by atoms with E-state index in [0.29, 0.717) is 19.3 Å². The van der Waals surface area contributed by atoms with E-state index in [1.165, 1.54) is 0 Å². The van der Waals surface area contributed by atoms with Crippen molar-refractivity contribution < 1.29 is 28.5 Å². The van der Waals surface area contributed by atoms with Crippen LogP contribution in [0.2, 0.25) is 0 Å². The Morgan fingerprint density at radius 3 is 3.04 bits per heavy atom. The molecule has 2 aliphatic heterocycles. The molecule has 0 spiro atoms. The van der Waals surface area contributed by atoms with Gasteiger partial charge in [0.15, 0.2) is 0 Å². The van der Waals surface area contributed by atoms with Gasteiger partial charge < -0.3 is 27.9 Å². The van der Waals surface area contributed by atoms with E-state index in [2.05, 4.69) is 20.8 Å². The lowest BCUT2D eigenvalue weighted by Crippen LogP contribution is -2.32. The van der Waals surface area contributed by atoms with Gasteiger partial charge in [-0.2, -0.15) is 0 Å². The predicted molar refractivity (Wildman–Crippen MR) is 101 cm³/mol. The lowest BCUT2D eigenvalue weighted by molar-refractivity contribution is -0.0256. The highest BCUT2D eigenvalue weighted by atomic mass is 79.9. The van der Waals surface area contributed by atoms with Crippen LogP contribution in [0.1, 0.15) is 45.0 Å². The lowest BCUT2D eigenvalue weighted by Gasteiger charge is -2.30. The van der Waals surface area contributed by atoms with Gasteiger partial charge in [-0.25, -0.2) is 6.57 Å². The first kappa shape index (κ1) is 16.2. The van der Waals surface area contributed by atoms with Crippen LogP contribution in [0, 0.1) is 12.5 Å². The van der Waals surface area contributed by atoms with Crippen molar-refractivity contribution in [1.82, 2.24) is 0 Å². The summed E-state index contributed by atoms with van der Waals surface area (Å²) in [5.41, 5.74) is 0. The second kappa shape index (κ2) is 11.8. The normalized spacial score (nSPS) is 42.8. The zero-order valence-electron chi connectivity index (χ0n) is 18.4. The molecule has 0 saturated carbocycles. The van der Waals surface area contributed by atoms with E-state index >= 15 is 0 Å². The Labute approximate surface area is 166 Å². The first-order valence-corrected chi connectivity index (χ1v) is 10.7. The molecular formula is C17H29BrNO5P. The quantitative estimate of drug-likeness (QED) is 0.205. The summed E-state index contributed by atoms with van der Waals surface area (Å²) in [7, 11) is -1.94. The minimum Gasteiger partial charge on any atom is -0.376 e. The summed E-state index contributed by atoms with van der Waals surface area (Å²) in [6.45, 7) is 7.50. The zero-order valence-corrected chi connectivity index (χ0v) is 16.9. The molecule has 0 N–H and O–H groups in total. The molecule has 0 aliphatic carbocycles. The Morgan fingerprint density at radius 2 is 2.36 bits per heavy atom. The third-order valence-electron chi connectivity index (χ3n) is 3.92. The second-order valence-corrected chi connectivity index (χ2v) is 7.83. The first-order chi connectivity index (χ1) is 13.8. The number of rotatable bonds is 11. The molecule has 2 aliphatic rings. The summed E-state index contributed by atoms with van der Waals surface area (Å²) < 4.78 is 60.9. The van der Waals surface area contributed by atoms with Gasteiger partial charge in [-0.05, 0) is 38.5 Å². The van der Waals surface area contributed by atoms with Crippen LogP contribution in [0.25, 0.3) is 4.85 Å². The summed E-state index contributed by atoms with van der Waals surface area (Å²) in [5, 5.41) is 0.733. The largest absolute Gasteiger partial charge is 0.376 e. The van der Waals surface area contributed by atoms with E-state index in [1.54, 1.807) is 0 Å². The van der Waals surface area contributed by atoms with E-state index in [9.17, 15) is 0 Å². The third-order valence-corrected chi connectivity index (χ3v) is 5.74. The van der Waals surface area contributed by atoms with Gasteiger partial charge in [0.2, 0.25) is 6.54 Å². The van der Waals surface area contributed by atoms with Crippen molar-refractivity contribution in [3.63, 3.8) is 0 Å². The average molecular weight is 445 g/mol. The lowest BCUT2D eigenvalue weighted by atomic mass is 9.97. The van der Waals surface area contributed by atoms with E-state index in [1.807, 2.05) is 6.92 Å². The van der Waals surface area contributed by atoms with Crippen LogP contribution < -0.4 is 0 Å². The predicted octanol–water partition coefficient (Wildman–Crippen LogP) is 4.33. The SMILES string of the molecule is [2H]C[C@H]1O[C@H]([3H])C[C@@H]1OP(OCC[N+]#[C-])O[C@H](CCCBr)[C@@]1([3H])O[C@H]([3H])C[C@@H]1C. The molecule has 8 atom stereocenters. The Balaban J connectivity index is 2.12. The van der Waals surface area contributed by atoms with Crippen LogP contribution in [0.15, 0.2) is 0 Å². The Kier molecular flexibility index (Phi) is 7.65. The molecular weight excluding hydrogens is 409 g/mol. The minimum absolute atomic E-state index is 0.0403. The summed E-state index contributed by atoms with van der Waals surface area (Å²) in [6, 6.07) is 0. The number of hydrogen-bond donors (Lipinski definition) is 0. The van der Waals surface area contributed by atoms with Gasteiger partial charge in [-0.3, -0.25) is 0 Å². The van der Waals surface area contributed by atoms with E-state index in [0.717, 1.165) is 11.8 Å². The van der Waals surface area contributed by atoms with Crippen LogP contribution >= 0.6 is 24.5 Å². The summed E-state index contributed by atoms with van der Waals surface area (Å²) in [5.74, 6) is -0.196. The molecule has 2 saturated heterocycles. The van der Waals surface area contributed by atoms with Crippen LogP contribution in [0.4, 0.5) is 0 Å². The van der Waals surface area contributed by atoms with Crippen molar-refractivity contribution in [2.75, 3.05) is 31.6 Å². The molecule has 0 aromatic heterocycles. The van der Waals surface area contributed by atoms with Gasteiger partial charge >= 0.3 is 8.60 Å². The highest BCUT2D eigenvalue weighted by Gasteiger charge is 2.37. The van der Waals surface area contributed by atoms with Gasteiger partial charge in [0.25, 0.3) is 0 Å². The topological polar surface area (TPSA) is 50.5 Å². The number of halogens is 1. The second-order valence-electron chi connectivity index (χ2n) is 5.91. The third kappa shape index (κ3) is 7.03. The summed E-state index contributed by atoms with van der Waals surface area (Å²) in [4.78, 5) is 3.27. The Morgan fingerprint density at radius 1 is 1.52 bits per heavy atom. The molecule has 2 heterocycles. The van der Waals surface area contributed by atoms with Crippen LogP contribution in [-0.2, 0) is 23.0 Å². The van der Waals surface area contributed by atoms with Crippen molar-refractivity contribution in [2.45, 2.75) is 63.9 Å². The standard InChI is InChI=1S/C17H29BrNO5P/c1-13-6-10-21-17(13)16(5-4-8-18)24-25(22-12-9-19-3)23-15-7-11-20-14(15)2/h13-17H,4-12H2,1-2H3/t13-,14+,15-,16+,17-,25?/m0/s1/i2D,10T,11T,17T/t10-,11-,13+,14-,15+,16-,17+,25?/m1. The van der Waals surface area contributed by atoms with Crippen molar-refractivity contribution in [3.05, 3.63) is 11.4 Å². The van der Waals surface area contributed by atoms with E-state index in [4.69, 9.17) is 35.1 Å².